The molecule has 0 fully saturated rings. The Kier molecular flexibility index (Phi) is 4.23. The zero-order chi connectivity index (χ0) is 14.7. The quantitative estimate of drug-likeness (QED) is 0.856. The summed E-state index contributed by atoms with van der Waals surface area (Å²) in [5.74, 6) is 0.142. The summed E-state index contributed by atoms with van der Waals surface area (Å²) < 4.78 is 1.81. The molecule has 4 nitrogen and oxygen atoms in total. The van der Waals surface area contributed by atoms with Gasteiger partial charge in [0.15, 0.2) is 0 Å². The topological polar surface area (TPSA) is 38.1 Å². The zero-order valence-electron chi connectivity index (χ0n) is 12.6. The summed E-state index contributed by atoms with van der Waals surface area (Å²) in [4.78, 5) is 13.3. The van der Waals surface area contributed by atoms with Gasteiger partial charge in [-0.2, -0.15) is 5.10 Å². The van der Waals surface area contributed by atoms with Gasteiger partial charge in [-0.25, -0.2) is 0 Å². The number of aryl methyl sites for hydroxylation is 3. The Balaban J connectivity index is 2.22. The third-order valence-electron chi connectivity index (χ3n) is 3.34. The maximum absolute atomic E-state index is 11.7. The maximum atomic E-state index is 11.7. The first-order valence-electron chi connectivity index (χ1n) is 6.77. The molecule has 0 spiro atoms. The number of rotatable bonds is 4. The van der Waals surface area contributed by atoms with E-state index in [1.54, 1.807) is 19.0 Å². The summed E-state index contributed by atoms with van der Waals surface area (Å²) in [7, 11) is 5.48. The summed E-state index contributed by atoms with van der Waals surface area (Å²) in [6.07, 6.45) is 3.23. The first-order valence-corrected chi connectivity index (χ1v) is 6.77. The van der Waals surface area contributed by atoms with Gasteiger partial charge in [-0.3, -0.25) is 9.48 Å². The van der Waals surface area contributed by atoms with Gasteiger partial charge in [0.25, 0.3) is 0 Å². The molecule has 0 aliphatic rings. The molecule has 2 aromatic rings. The SMILES string of the molecule is Cc1ccc(-c2nn(C)cc2CCC(=O)N(C)C)cc1. The van der Waals surface area contributed by atoms with E-state index < -0.39 is 0 Å². The van der Waals surface area contributed by atoms with Gasteiger partial charge in [-0.05, 0) is 18.9 Å². The molecule has 0 bridgehead atoms. The molecule has 0 atom stereocenters. The monoisotopic (exact) mass is 271 g/mol. The van der Waals surface area contributed by atoms with Crippen molar-refractivity contribution in [2.75, 3.05) is 14.1 Å². The smallest absolute Gasteiger partial charge is 0.222 e. The number of nitrogens with zero attached hydrogens (tertiary/aromatic N) is 3. The predicted octanol–water partition coefficient (Wildman–Crippen LogP) is 2.42. The number of amides is 1. The van der Waals surface area contributed by atoms with E-state index in [4.69, 9.17) is 0 Å². The summed E-state index contributed by atoms with van der Waals surface area (Å²) in [6.45, 7) is 2.07. The Morgan fingerprint density at radius 2 is 1.90 bits per heavy atom. The van der Waals surface area contributed by atoms with E-state index in [2.05, 4.69) is 36.3 Å². The molecule has 1 aromatic carbocycles. The Hall–Kier alpha value is -2.10. The van der Waals surface area contributed by atoms with Crippen LogP contribution in [0.25, 0.3) is 11.3 Å². The predicted molar refractivity (Wildman–Crippen MR) is 80.4 cm³/mol. The lowest BCUT2D eigenvalue weighted by atomic mass is 10.0. The molecule has 1 amide bonds. The van der Waals surface area contributed by atoms with Crippen LogP contribution in [0.3, 0.4) is 0 Å². The molecule has 4 heteroatoms. The first kappa shape index (κ1) is 14.3. The lowest BCUT2D eigenvalue weighted by molar-refractivity contribution is -0.128. The van der Waals surface area contributed by atoms with Crippen molar-refractivity contribution in [2.45, 2.75) is 19.8 Å². The van der Waals surface area contributed by atoms with Crippen molar-refractivity contribution in [3.05, 3.63) is 41.6 Å². The minimum atomic E-state index is 0.142. The number of hydrogen-bond donors (Lipinski definition) is 0. The van der Waals surface area contributed by atoms with Gasteiger partial charge in [-0.1, -0.05) is 29.8 Å². The van der Waals surface area contributed by atoms with Gasteiger partial charge < -0.3 is 4.90 Å². The van der Waals surface area contributed by atoms with Crippen LogP contribution in [0.4, 0.5) is 0 Å². The lowest BCUT2D eigenvalue weighted by Gasteiger charge is -2.09. The normalized spacial score (nSPS) is 10.6. The number of hydrogen-bond acceptors (Lipinski definition) is 2. The molecule has 0 aliphatic carbocycles. The Morgan fingerprint density at radius 3 is 2.50 bits per heavy atom. The van der Waals surface area contributed by atoms with Crippen LogP contribution in [0.15, 0.2) is 30.5 Å². The fourth-order valence-electron chi connectivity index (χ4n) is 2.14. The molecule has 0 saturated heterocycles. The van der Waals surface area contributed by atoms with Crippen molar-refractivity contribution in [1.29, 1.82) is 0 Å². The van der Waals surface area contributed by atoms with Crippen molar-refractivity contribution in [1.82, 2.24) is 14.7 Å². The third kappa shape index (κ3) is 3.26. The van der Waals surface area contributed by atoms with E-state index >= 15 is 0 Å². The summed E-state index contributed by atoms with van der Waals surface area (Å²) in [5.41, 5.74) is 4.42. The molecule has 1 heterocycles. The van der Waals surface area contributed by atoms with Gasteiger partial charge in [0, 0.05) is 39.3 Å². The molecule has 2 rings (SSSR count). The second-order valence-electron chi connectivity index (χ2n) is 5.33. The first-order chi connectivity index (χ1) is 9.47. The van der Waals surface area contributed by atoms with E-state index in [0.717, 1.165) is 16.8 Å². The average molecular weight is 271 g/mol. The van der Waals surface area contributed by atoms with Crippen LogP contribution < -0.4 is 0 Å². The van der Waals surface area contributed by atoms with Crippen LogP contribution in [0.1, 0.15) is 17.5 Å². The van der Waals surface area contributed by atoms with E-state index in [9.17, 15) is 4.79 Å². The summed E-state index contributed by atoms with van der Waals surface area (Å²) in [5, 5.41) is 4.53. The minimum absolute atomic E-state index is 0.142. The molecule has 0 N–H and O–H groups in total. The highest BCUT2D eigenvalue weighted by molar-refractivity contribution is 5.76. The van der Waals surface area contributed by atoms with Crippen LogP contribution in [0, 0.1) is 6.92 Å². The van der Waals surface area contributed by atoms with Crippen molar-refractivity contribution < 1.29 is 4.79 Å². The molecule has 0 unspecified atom stereocenters. The van der Waals surface area contributed by atoms with Crippen molar-refractivity contribution in [3.63, 3.8) is 0 Å². The van der Waals surface area contributed by atoms with E-state index in [-0.39, 0.29) is 5.91 Å². The van der Waals surface area contributed by atoms with Crippen molar-refractivity contribution >= 4 is 5.91 Å². The Morgan fingerprint density at radius 1 is 1.25 bits per heavy atom. The van der Waals surface area contributed by atoms with Crippen molar-refractivity contribution in [2.24, 2.45) is 7.05 Å². The zero-order valence-corrected chi connectivity index (χ0v) is 12.6. The van der Waals surface area contributed by atoms with Crippen LogP contribution in [0.2, 0.25) is 0 Å². The lowest BCUT2D eigenvalue weighted by Crippen LogP contribution is -2.21. The molecule has 106 valence electrons. The second kappa shape index (κ2) is 5.90. The molecule has 1 aromatic heterocycles. The van der Waals surface area contributed by atoms with Crippen LogP contribution in [-0.4, -0.2) is 34.7 Å². The number of carbonyl (C=O) groups is 1. The average Bonchev–Trinajstić information content (AvgIpc) is 2.78. The van der Waals surface area contributed by atoms with Gasteiger partial charge in [-0.15, -0.1) is 0 Å². The van der Waals surface area contributed by atoms with Crippen LogP contribution in [-0.2, 0) is 18.3 Å². The Bertz CT molecular complexity index is 597. The van der Waals surface area contributed by atoms with Gasteiger partial charge in [0.2, 0.25) is 5.91 Å². The molecule has 0 radical (unpaired) electrons. The highest BCUT2D eigenvalue weighted by atomic mass is 16.2. The van der Waals surface area contributed by atoms with Crippen LogP contribution in [0.5, 0.6) is 0 Å². The standard InChI is InChI=1S/C16H21N3O/c1-12-5-7-13(8-6-12)16-14(11-19(4)17-16)9-10-15(20)18(2)3/h5-8,11H,9-10H2,1-4H3. The molecule has 0 saturated carbocycles. The minimum Gasteiger partial charge on any atom is -0.349 e. The fourth-order valence-corrected chi connectivity index (χ4v) is 2.14. The van der Waals surface area contributed by atoms with E-state index in [1.807, 2.05) is 17.9 Å². The van der Waals surface area contributed by atoms with Gasteiger partial charge >= 0.3 is 0 Å². The molecule has 20 heavy (non-hydrogen) atoms. The highest BCUT2D eigenvalue weighted by Crippen LogP contribution is 2.23. The molecular weight excluding hydrogens is 250 g/mol. The summed E-state index contributed by atoms with van der Waals surface area (Å²) in [6, 6.07) is 8.32. The fraction of sp³-hybridized carbons (Fsp3) is 0.375. The Labute approximate surface area is 120 Å². The summed E-state index contributed by atoms with van der Waals surface area (Å²) >= 11 is 0. The van der Waals surface area contributed by atoms with E-state index in [1.165, 1.54) is 5.56 Å². The molecular formula is C16H21N3O. The number of carbonyl (C=O) groups excluding carboxylic acids is 1. The maximum Gasteiger partial charge on any atom is 0.222 e. The van der Waals surface area contributed by atoms with Gasteiger partial charge in [0.1, 0.15) is 0 Å². The number of aromatic nitrogens is 2. The largest absolute Gasteiger partial charge is 0.349 e. The molecule has 0 aliphatic heterocycles. The van der Waals surface area contributed by atoms with E-state index in [0.29, 0.717) is 12.8 Å². The third-order valence-corrected chi connectivity index (χ3v) is 3.34. The van der Waals surface area contributed by atoms with Gasteiger partial charge in [0.05, 0.1) is 5.69 Å². The second-order valence-corrected chi connectivity index (χ2v) is 5.33. The highest BCUT2D eigenvalue weighted by Gasteiger charge is 2.12. The van der Waals surface area contributed by atoms with Crippen LogP contribution >= 0.6 is 0 Å². The van der Waals surface area contributed by atoms with Crippen molar-refractivity contribution in [3.8, 4) is 11.3 Å². The number of benzene rings is 1.